The summed E-state index contributed by atoms with van der Waals surface area (Å²) in [5.41, 5.74) is 3.89. The number of carbonyl (C=O) groups excluding carboxylic acids is 1. The molecule has 174 valence electrons. The molecule has 0 aliphatic carbocycles. The van der Waals surface area contributed by atoms with Crippen LogP contribution in [-0.4, -0.2) is 50.1 Å². The molecule has 8 heteroatoms. The van der Waals surface area contributed by atoms with Gasteiger partial charge in [-0.1, -0.05) is 30.3 Å². The van der Waals surface area contributed by atoms with Crippen molar-refractivity contribution in [1.29, 1.82) is 0 Å². The van der Waals surface area contributed by atoms with Gasteiger partial charge in [0.15, 0.2) is 0 Å². The zero-order valence-electron chi connectivity index (χ0n) is 19.3. The Hall–Kier alpha value is -3.94. The predicted octanol–water partition coefficient (Wildman–Crippen LogP) is 4.87. The van der Waals surface area contributed by atoms with Crippen molar-refractivity contribution < 1.29 is 4.79 Å². The fourth-order valence-corrected chi connectivity index (χ4v) is 4.49. The summed E-state index contributed by atoms with van der Waals surface area (Å²) >= 11 is 0. The summed E-state index contributed by atoms with van der Waals surface area (Å²) in [6.07, 6.45) is 6.64. The molecule has 2 aromatic heterocycles. The number of hydrogen-bond acceptors (Lipinski definition) is 5. The summed E-state index contributed by atoms with van der Waals surface area (Å²) in [6, 6.07) is 17.7. The molecule has 1 fully saturated rings. The Morgan fingerprint density at radius 2 is 1.94 bits per heavy atom. The molecule has 5 rings (SSSR count). The second kappa shape index (κ2) is 9.91. The number of para-hydroxylation sites is 3. The second-order valence-electron chi connectivity index (χ2n) is 8.76. The molecule has 1 unspecified atom stereocenters. The number of amides is 2. The molecule has 2 aromatic carbocycles. The van der Waals surface area contributed by atoms with Gasteiger partial charge in [0, 0.05) is 31.5 Å². The fraction of sp³-hybridized carbons (Fsp3) is 0.308. The molecule has 3 heterocycles. The van der Waals surface area contributed by atoms with Crippen molar-refractivity contribution in [2.45, 2.75) is 26.2 Å². The molecule has 34 heavy (non-hydrogen) atoms. The third kappa shape index (κ3) is 4.85. The van der Waals surface area contributed by atoms with Crippen LogP contribution in [0, 0.1) is 12.8 Å². The van der Waals surface area contributed by atoms with E-state index in [1.807, 2.05) is 71.0 Å². The molecular weight excluding hydrogens is 426 g/mol. The van der Waals surface area contributed by atoms with Gasteiger partial charge in [-0.05, 0) is 61.9 Å². The third-order valence-corrected chi connectivity index (χ3v) is 6.37. The molecule has 0 spiro atoms. The van der Waals surface area contributed by atoms with Crippen LogP contribution in [0.1, 0.15) is 24.8 Å². The molecule has 4 aromatic rings. The van der Waals surface area contributed by atoms with Gasteiger partial charge in [0.1, 0.15) is 12.1 Å². The number of nitrogens with one attached hydrogen (secondary N) is 2. The van der Waals surface area contributed by atoms with E-state index in [-0.39, 0.29) is 6.03 Å². The molecule has 2 N–H and O–H groups in total. The minimum atomic E-state index is -0.0180. The maximum Gasteiger partial charge on any atom is 0.321 e. The van der Waals surface area contributed by atoms with Crippen LogP contribution in [0.15, 0.2) is 67.1 Å². The number of rotatable bonds is 6. The van der Waals surface area contributed by atoms with Gasteiger partial charge in [-0.2, -0.15) is 4.98 Å². The number of benzene rings is 2. The lowest BCUT2D eigenvalue weighted by Gasteiger charge is -2.33. The average Bonchev–Trinajstić information content (AvgIpc) is 3.30. The Kier molecular flexibility index (Phi) is 6.38. The third-order valence-electron chi connectivity index (χ3n) is 6.37. The Labute approximate surface area is 199 Å². The maximum atomic E-state index is 12.8. The van der Waals surface area contributed by atoms with Crippen molar-refractivity contribution in [2.75, 3.05) is 30.3 Å². The van der Waals surface area contributed by atoms with Gasteiger partial charge < -0.3 is 15.5 Å². The van der Waals surface area contributed by atoms with E-state index in [2.05, 4.69) is 25.6 Å². The van der Waals surface area contributed by atoms with Crippen LogP contribution in [-0.2, 0) is 0 Å². The molecule has 0 saturated carbocycles. The molecule has 2 amide bonds. The fourth-order valence-electron chi connectivity index (χ4n) is 4.49. The first kappa shape index (κ1) is 21.9. The first-order valence-electron chi connectivity index (χ1n) is 11.8. The molecule has 0 bridgehead atoms. The number of piperidine rings is 1. The first-order valence-corrected chi connectivity index (χ1v) is 11.8. The molecular formula is C26H29N7O. The summed E-state index contributed by atoms with van der Waals surface area (Å²) in [5.74, 6) is 1.83. The lowest BCUT2D eigenvalue weighted by Crippen LogP contribution is -2.42. The van der Waals surface area contributed by atoms with Crippen LogP contribution in [0.3, 0.4) is 0 Å². The van der Waals surface area contributed by atoms with Crippen molar-refractivity contribution in [2.24, 2.45) is 5.92 Å². The Bertz CT molecular complexity index is 1280. The van der Waals surface area contributed by atoms with Crippen LogP contribution in [0.5, 0.6) is 0 Å². The van der Waals surface area contributed by atoms with Gasteiger partial charge in [-0.25, -0.2) is 14.8 Å². The summed E-state index contributed by atoms with van der Waals surface area (Å²) in [6.45, 7) is 4.33. The normalized spacial score (nSPS) is 15.9. The Morgan fingerprint density at radius 3 is 2.85 bits per heavy atom. The van der Waals surface area contributed by atoms with Crippen LogP contribution < -0.4 is 10.6 Å². The zero-order valence-corrected chi connectivity index (χ0v) is 19.3. The van der Waals surface area contributed by atoms with Crippen molar-refractivity contribution in [3.05, 3.63) is 72.7 Å². The lowest BCUT2D eigenvalue weighted by atomic mass is 9.95. The van der Waals surface area contributed by atoms with E-state index < -0.39 is 0 Å². The highest BCUT2D eigenvalue weighted by Gasteiger charge is 2.23. The number of hydrogen-bond donors (Lipinski definition) is 2. The molecule has 1 aliphatic heterocycles. The summed E-state index contributed by atoms with van der Waals surface area (Å²) in [7, 11) is 0. The summed E-state index contributed by atoms with van der Waals surface area (Å²) < 4.78 is 1.97. The monoisotopic (exact) mass is 455 g/mol. The highest BCUT2D eigenvalue weighted by molar-refractivity contribution is 5.90. The number of aromatic nitrogens is 4. The smallest absolute Gasteiger partial charge is 0.321 e. The van der Waals surface area contributed by atoms with Crippen molar-refractivity contribution >= 4 is 28.7 Å². The van der Waals surface area contributed by atoms with E-state index in [1.54, 1.807) is 12.5 Å². The first-order chi connectivity index (χ1) is 16.7. The average molecular weight is 456 g/mol. The number of urea groups is 1. The van der Waals surface area contributed by atoms with Gasteiger partial charge in [0.2, 0.25) is 5.95 Å². The Balaban J connectivity index is 1.16. The van der Waals surface area contributed by atoms with E-state index in [4.69, 9.17) is 0 Å². The maximum absolute atomic E-state index is 12.8. The van der Waals surface area contributed by atoms with Crippen molar-refractivity contribution in [3.63, 3.8) is 0 Å². The number of carbonyl (C=O) groups is 1. The molecule has 1 atom stereocenters. The minimum absolute atomic E-state index is 0.0180. The Morgan fingerprint density at radius 1 is 1.09 bits per heavy atom. The van der Waals surface area contributed by atoms with E-state index in [0.29, 0.717) is 11.9 Å². The lowest BCUT2D eigenvalue weighted by molar-refractivity contribution is 0.175. The number of likely N-dealkylation sites (tertiary alicyclic amines) is 1. The number of imidazole rings is 1. The summed E-state index contributed by atoms with van der Waals surface area (Å²) in [5, 5.41) is 6.42. The molecule has 8 nitrogen and oxygen atoms in total. The van der Waals surface area contributed by atoms with Crippen LogP contribution in [0.4, 0.5) is 16.4 Å². The molecule has 1 aliphatic rings. The number of aryl methyl sites for hydroxylation is 1. The van der Waals surface area contributed by atoms with Gasteiger partial charge >= 0.3 is 6.03 Å². The van der Waals surface area contributed by atoms with Gasteiger partial charge in [-0.3, -0.25) is 4.57 Å². The van der Waals surface area contributed by atoms with Crippen molar-refractivity contribution in [3.8, 4) is 5.82 Å². The predicted molar refractivity (Wildman–Crippen MR) is 134 cm³/mol. The van der Waals surface area contributed by atoms with Crippen LogP contribution in [0.2, 0.25) is 0 Å². The highest BCUT2D eigenvalue weighted by atomic mass is 16.2. The SMILES string of the molecule is Cc1ccccc1NC(=O)N1CCCC(CCNc2nccc(-n3cnc4ccccc43)n2)C1. The van der Waals surface area contributed by atoms with E-state index in [0.717, 1.165) is 67.0 Å². The van der Waals surface area contributed by atoms with Crippen LogP contribution >= 0.6 is 0 Å². The van der Waals surface area contributed by atoms with Gasteiger partial charge in [0.25, 0.3) is 0 Å². The topological polar surface area (TPSA) is 88.0 Å². The second-order valence-corrected chi connectivity index (χ2v) is 8.76. The van der Waals surface area contributed by atoms with Crippen LogP contribution in [0.25, 0.3) is 16.9 Å². The van der Waals surface area contributed by atoms with Gasteiger partial charge in [0.05, 0.1) is 11.0 Å². The number of fused-ring (bicyclic) bond motifs is 1. The molecule has 0 radical (unpaired) electrons. The quantitative estimate of drug-likeness (QED) is 0.433. The van der Waals surface area contributed by atoms with E-state index >= 15 is 0 Å². The minimum Gasteiger partial charge on any atom is -0.354 e. The summed E-state index contributed by atoms with van der Waals surface area (Å²) in [4.78, 5) is 28.2. The van der Waals surface area contributed by atoms with Crippen molar-refractivity contribution in [1.82, 2.24) is 24.4 Å². The van der Waals surface area contributed by atoms with Gasteiger partial charge in [-0.15, -0.1) is 0 Å². The van der Waals surface area contributed by atoms with E-state index in [1.165, 1.54) is 0 Å². The standard InChI is InChI=1S/C26H29N7O/c1-19-7-2-3-9-21(19)30-26(34)32-16-6-8-20(17-32)12-14-27-25-28-15-13-24(31-25)33-18-29-22-10-4-5-11-23(22)33/h2-5,7,9-11,13,15,18,20H,6,8,12,14,16-17H2,1H3,(H,30,34)(H,27,28,31). The largest absolute Gasteiger partial charge is 0.354 e. The molecule has 1 saturated heterocycles. The highest BCUT2D eigenvalue weighted by Crippen LogP contribution is 2.22. The number of nitrogens with zero attached hydrogens (tertiary/aromatic N) is 5. The zero-order chi connectivity index (χ0) is 23.3. The van der Waals surface area contributed by atoms with E-state index in [9.17, 15) is 4.79 Å². The number of anilines is 2.